The number of ether oxygens (including phenoxy) is 1. The Bertz CT molecular complexity index is 319. The normalized spacial score (nSPS) is 25.3. The van der Waals surface area contributed by atoms with Gasteiger partial charge in [-0.15, -0.1) is 0 Å². The minimum absolute atomic E-state index is 0.477. The van der Waals surface area contributed by atoms with Crippen molar-refractivity contribution in [2.75, 3.05) is 7.11 Å². The van der Waals surface area contributed by atoms with Gasteiger partial charge < -0.3 is 10.1 Å². The van der Waals surface area contributed by atoms with Crippen LogP contribution in [0.25, 0.3) is 0 Å². The Morgan fingerprint density at radius 2 is 2.00 bits per heavy atom. The minimum atomic E-state index is 0.477. The van der Waals surface area contributed by atoms with Gasteiger partial charge in [-0.25, -0.2) is 0 Å². The highest BCUT2D eigenvalue weighted by atomic mass is 16.5. The summed E-state index contributed by atoms with van der Waals surface area (Å²) in [5, 5.41) is 3.75. The highest BCUT2D eigenvalue weighted by Gasteiger charge is 2.30. The SMILES string of the molecule is CCCC(NC1CC(OC)C1)c1ccccc1. The Morgan fingerprint density at radius 1 is 1.29 bits per heavy atom. The molecule has 1 atom stereocenters. The van der Waals surface area contributed by atoms with Crippen molar-refractivity contribution in [3.8, 4) is 0 Å². The molecule has 0 saturated heterocycles. The van der Waals surface area contributed by atoms with Gasteiger partial charge in [0.2, 0.25) is 0 Å². The number of benzene rings is 1. The standard InChI is InChI=1S/C15H23NO/c1-3-7-15(12-8-5-4-6-9-12)16-13-10-14(11-13)17-2/h4-6,8-9,13-16H,3,7,10-11H2,1-2H3. The second-order valence-electron chi connectivity index (χ2n) is 4.94. The van der Waals surface area contributed by atoms with E-state index in [1.807, 2.05) is 7.11 Å². The molecule has 2 rings (SSSR count). The van der Waals surface area contributed by atoms with E-state index in [0.29, 0.717) is 18.2 Å². The average molecular weight is 233 g/mol. The van der Waals surface area contributed by atoms with E-state index >= 15 is 0 Å². The monoisotopic (exact) mass is 233 g/mol. The first kappa shape index (κ1) is 12.6. The summed E-state index contributed by atoms with van der Waals surface area (Å²) in [6, 6.07) is 11.9. The maximum absolute atomic E-state index is 5.32. The van der Waals surface area contributed by atoms with Crippen molar-refractivity contribution in [1.29, 1.82) is 0 Å². The van der Waals surface area contributed by atoms with Crippen molar-refractivity contribution in [3.05, 3.63) is 35.9 Å². The molecule has 1 aromatic carbocycles. The second-order valence-corrected chi connectivity index (χ2v) is 4.94. The van der Waals surface area contributed by atoms with Crippen LogP contribution in [0, 0.1) is 0 Å². The first-order chi connectivity index (χ1) is 8.33. The fourth-order valence-corrected chi connectivity index (χ4v) is 2.50. The first-order valence-electron chi connectivity index (χ1n) is 6.67. The second kappa shape index (κ2) is 6.18. The number of methoxy groups -OCH3 is 1. The summed E-state index contributed by atoms with van der Waals surface area (Å²) in [5.41, 5.74) is 1.41. The van der Waals surface area contributed by atoms with Crippen molar-refractivity contribution in [3.63, 3.8) is 0 Å². The first-order valence-corrected chi connectivity index (χ1v) is 6.67. The quantitative estimate of drug-likeness (QED) is 0.814. The molecular formula is C15H23NO. The van der Waals surface area contributed by atoms with Gasteiger partial charge in [-0.2, -0.15) is 0 Å². The number of hydrogen-bond donors (Lipinski definition) is 1. The molecule has 2 heteroatoms. The van der Waals surface area contributed by atoms with Crippen LogP contribution in [0.3, 0.4) is 0 Å². The van der Waals surface area contributed by atoms with Crippen LogP contribution >= 0.6 is 0 Å². The lowest BCUT2D eigenvalue weighted by Gasteiger charge is -2.37. The van der Waals surface area contributed by atoms with E-state index in [-0.39, 0.29) is 0 Å². The number of hydrogen-bond acceptors (Lipinski definition) is 2. The molecule has 0 bridgehead atoms. The molecule has 1 aliphatic rings. The molecule has 1 saturated carbocycles. The van der Waals surface area contributed by atoms with Crippen LogP contribution in [-0.2, 0) is 4.74 Å². The van der Waals surface area contributed by atoms with Gasteiger partial charge in [0.05, 0.1) is 6.10 Å². The van der Waals surface area contributed by atoms with Crippen molar-refractivity contribution >= 4 is 0 Å². The van der Waals surface area contributed by atoms with Crippen molar-refractivity contribution < 1.29 is 4.74 Å². The van der Waals surface area contributed by atoms with E-state index in [4.69, 9.17) is 4.74 Å². The Balaban J connectivity index is 1.90. The molecule has 0 spiro atoms. The molecule has 1 aliphatic carbocycles. The molecule has 0 amide bonds. The molecule has 1 aromatic rings. The van der Waals surface area contributed by atoms with E-state index in [9.17, 15) is 0 Å². The van der Waals surface area contributed by atoms with Gasteiger partial charge in [-0.1, -0.05) is 43.7 Å². The summed E-state index contributed by atoms with van der Waals surface area (Å²) in [7, 11) is 1.81. The third-order valence-corrected chi connectivity index (χ3v) is 3.64. The summed E-state index contributed by atoms with van der Waals surface area (Å²) >= 11 is 0. The average Bonchev–Trinajstić information content (AvgIpc) is 2.33. The van der Waals surface area contributed by atoms with Crippen LogP contribution in [0.1, 0.15) is 44.2 Å². The van der Waals surface area contributed by atoms with Crippen LogP contribution in [0.15, 0.2) is 30.3 Å². The highest BCUT2D eigenvalue weighted by molar-refractivity contribution is 5.19. The zero-order chi connectivity index (χ0) is 12.1. The molecule has 1 unspecified atom stereocenters. The molecule has 0 aromatic heterocycles. The van der Waals surface area contributed by atoms with Gasteiger partial charge in [0.1, 0.15) is 0 Å². The Hall–Kier alpha value is -0.860. The van der Waals surface area contributed by atoms with Gasteiger partial charge >= 0.3 is 0 Å². The summed E-state index contributed by atoms with van der Waals surface area (Å²) in [6.07, 6.45) is 5.21. The summed E-state index contributed by atoms with van der Waals surface area (Å²) in [5.74, 6) is 0. The molecular weight excluding hydrogens is 210 g/mol. The van der Waals surface area contributed by atoms with E-state index in [1.165, 1.54) is 18.4 Å². The van der Waals surface area contributed by atoms with Crippen LogP contribution in [0.4, 0.5) is 0 Å². The van der Waals surface area contributed by atoms with Crippen molar-refractivity contribution in [2.24, 2.45) is 0 Å². The van der Waals surface area contributed by atoms with Crippen molar-refractivity contribution in [1.82, 2.24) is 5.32 Å². The lowest BCUT2D eigenvalue weighted by atomic mass is 9.87. The van der Waals surface area contributed by atoms with Crippen LogP contribution < -0.4 is 5.32 Å². The molecule has 17 heavy (non-hydrogen) atoms. The molecule has 1 fully saturated rings. The molecule has 0 aliphatic heterocycles. The molecule has 94 valence electrons. The minimum Gasteiger partial charge on any atom is -0.381 e. The smallest absolute Gasteiger partial charge is 0.0601 e. The Morgan fingerprint density at radius 3 is 2.59 bits per heavy atom. The molecule has 0 radical (unpaired) electrons. The topological polar surface area (TPSA) is 21.3 Å². The summed E-state index contributed by atoms with van der Waals surface area (Å²) in [4.78, 5) is 0. The molecule has 0 heterocycles. The predicted octanol–water partition coefficient (Wildman–Crippen LogP) is 3.29. The van der Waals surface area contributed by atoms with Crippen LogP contribution in [0.2, 0.25) is 0 Å². The fourth-order valence-electron chi connectivity index (χ4n) is 2.50. The number of nitrogens with one attached hydrogen (secondary N) is 1. The predicted molar refractivity (Wildman–Crippen MR) is 71.0 cm³/mol. The largest absolute Gasteiger partial charge is 0.381 e. The zero-order valence-corrected chi connectivity index (χ0v) is 10.9. The van der Waals surface area contributed by atoms with Gasteiger partial charge in [-0.3, -0.25) is 0 Å². The van der Waals surface area contributed by atoms with Crippen molar-refractivity contribution in [2.45, 2.75) is 50.8 Å². The lowest BCUT2D eigenvalue weighted by Crippen LogP contribution is -2.46. The molecule has 1 N–H and O–H groups in total. The zero-order valence-electron chi connectivity index (χ0n) is 10.9. The van der Waals surface area contributed by atoms with E-state index < -0.39 is 0 Å². The van der Waals surface area contributed by atoms with Crippen LogP contribution in [0.5, 0.6) is 0 Å². The van der Waals surface area contributed by atoms with Crippen LogP contribution in [-0.4, -0.2) is 19.3 Å². The fraction of sp³-hybridized carbons (Fsp3) is 0.600. The van der Waals surface area contributed by atoms with Gasteiger partial charge in [-0.05, 0) is 24.8 Å². The summed E-state index contributed by atoms with van der Waals surface area (Å²) < 4.78 is 5.32. The Labute approximate surface area is 104 Å². The number of rotatable bonds is 6. The van der Waals surface area contributed by atoms with Gasteiger partial charge in [0.15, 0.2) is 0 Å². The maximum Gasteiger partial charge on any atom is 0.0601 e. The van der Waals surface area contributed by atoms with E-state index in [0.717, 1.165) is 12.8 Å². The highest BCUT2D eigenvalue weighted by Crippen LogP contribution is 2.27. The van der Waals surface area contributed by atoms with Gasteiger partial charge in [0.25, 0.3) is 0 Å². The molecule has 2 nitrogen and oxygen atoms in total. The van der Waals surface area contributed by atoms with E-state index in [1.54, 1.807) is 0 Å². The summed E-state index contributed by atoms with van der Waals surface area (Å²) in [6.45, 7) is 2.25. The third-order valence-electron chi connectivity index (χ3n) is 3.64. The lowest BCUT2D eigenvalue weighted by molar-refractivity contribution is 0.0138. The van der Waals surface area contributed by atoms with Gasteiger partial charge in [0, 0.05) is 19.2 Å². The maximum atomic E-state index is 5.32. The van der Waals surface area contributed by atoms with E-state index in [2.05, 4.69) is 42.6 Å². The third kappa shape index (κ3) is 3.30. The Kier molecular flexibility index (Phi) is 4.57.